The zero-order valence-electron chi connectivity index (χ0n) is 18.4. The van der Waals surface area contributed by atoms with Crippen LogP contribution in [0.4, 0.5) is 0 Å². The van der Waals surface area contributed by atoms with Crippen molar-refractivity contribution in [1.82, 2.24) is 28.9 Å². The third-order valence-electron chi connectivity index (χ3n) is 6.08. The fourth-order valence-electron chi connectivity index (χ4n) is 4.35. The molecule has 7 heteroatoms. The fourth-order valence-corrected chi connectivity index (χ4v) is 4.35. The topological polar surface area (TPSA) is 67.8 Å². The Bertz CT molecular complexity index is 1410. The van der Waals surface area contributed by atoms with Crippen molar-refractivity contribution < 1.29 is 0 Å². The first-order chi connectivity index (χ1) is 14.9. The average Bonchev–Trinajstić information content (AvgIpc) is 3.18. The van der Waals surface area contributed by atoms with Crippen LogP contribution >= 0.6 is 0 Å². The van der Waals surface area contributed by atoms with Crippen LogP contribution in [-0.2, 0) is 0 Å². The maximum atomic E-state index is 13.0. The van der Waals surface area contributed by atoms with Gasteiger partial charge in [-0.2, -0.15) is 5.10 Å². The second-order valence-electron chi connectivity index (χ2n) is 8.28. The van der Waals surface area contributed by atoms with Gasteiger partial charge in [0.2, 0.25) is 0 Å². The molecular weight excluding hydrogens is 388 g/mol. The van der Waals surface area contributed by atoms with Crippen LogP contribution in [0.5, 0.6) is 0 Å². The zero-order valence-corrected chi connectivity index (χ0v) is 18.4. The molecule has 4 aromatic rings. The Balaban J connectivity index is 1.61. The number of aryl methyl sites for hydroxylation is 3. The summed E-state index contributed by atoms with van der Waals surface area (Å²) in [5, 5.41) is 4.64. The van der Waals surface area contributed by atoms with Crippen molar-refractivity contribution in [2.75, 3.05) is 19.6 Å². The average molecular weight is 415 g/mol. The standard InChI is InChI=1S/C24H26N6O/c1-5-28-8-6-18(7-9-28)19-10-15(2)24-26-20(12-23(31)29(24)14-19)21-11-22-17(4)25-16(3)13-30(22)27-21/h6,10-14H,5,7-9H2,1-4H3. The monoisotopic (exact) mass is 414 g/mol. The molecule has 0 atom stereocenters. The molecule has 0 radical (unpaired) electrons. The normalized spacial score (nSPS) is 15.0. The van der Waals surface area contributed by atoms with Gasteiger partial charge < -0.3 is 0 Å². The minimum atomic E-state index is -0.0976. The first kappa shape index (κ1) is 19.6. The van der Waals surface area contributed by atoms with E-state index in [2.05, 4.69) is 34.0 Å². The minimum Gasteiger partial charge on any atom is -0.300 e. The van der Waals surface area contributed by atoms with Gasteiger partial charge in [-0.15, -0.1) is 0 Å². The van der Waals surface area contributed by atoms with E-state index in [9.17, 15) is 4.79 Å². The van der Waals surface area contributed by atoms with Crippen LogP contribution in [-0.4, -0.2) is 48.5 Å². The lowest BCUT2D eigenvalue weighted by Crippen LogP contribution is -2.28. The predicted octanol–water partition coefficient (Wildman–Crippen LogP) is 3.44. The molecule has 7 nitrogen and oxygen atoms in total. The third kappa shape index (κ3) is 3.45. The van der Waals surface area contributed by atoms with Crippen molar-refractivity contribution in [1.29, 1.82) is 0 Å². The number of hydrogen-bond acceptors (Lipinski definition) is 5. The molecule has 0 fully saturated rings. The Morgan fingerprint density at radius 2 is 1.87 bits per heavy atom. The molecule has 0 spiro atoms. The summed E-state index contributed by atoms with van der Waals surface area (Å²) in [7, 11) is 0. The number of nitrogens with zero attached hydrogens (tertiary/aromatic N) is 6. The number of pyridine rings is 1. The summed E-state index contributed by atoms with van der Waals surface area (Å²) in [5.74, 6) is 0. The first-order valence-electron chi connectivity index (χ1n) is 10.7. The van der Waals surface area contributed by atoms with Crippen molar-refractivity contribution in [3.8, 4) is 11.4 Å². The summed E-state index contributed by atoms with van der Waals surface area (Å²) in [6, 6.07) is 5.65. The second kappa shape index (κ2) is 7.42. The van der Waals surface area contributed by atoms with Crippen molar-refractivity contribution >= 4 is 16.7 Å². The maximum absolute atomic E-state index is 13.0. The van der Waals surface area contributed by atoms with Gasteiger partial charge in [-0.05, 0) is 62.6 Å². The third-order valence-corrected chi connectivity index (χ3v) is 6.08. The van der Waals surface area contributed by atoms with Crippen LogP contribution < -0.4 is 5.56 Å². The van der Waals surface area contributed by atoms with Crippen LogP contribution in [0.3, 0.4) is 0 Å². The molecule has 0 saturated carbocycles. The fraction of sp³-hybridized carbons (Fsp3) is 0.333. The number of rotatable bonds is 3. The Morgan fingerprint density at radius 3 is 2.61 bits per heavy atom. The Morgan fingerprint density at radius 1 is 1.03 bits per heavy atom. The minimum absolute atomic E-state index is 0.0976. The number of hydrogen-bond donors (Lipinski definition) is 0. The molecule has 0 N–H and O–H groups in total. The van der Waals surface area contributed by atoms with Crippen LogP contribution in [0.15, 0.2) is 41.5 Å². The predicted molar refractivity (Wildman–Crippen MR) is 122 cm³/mol. The van der Waals surface area contributed by atoms with Crippen LogP contribution in [0.25, 0.3) is 28.1 Å². The largest absolute Gasteiger partial charge is 0.300 e. The van der Waals surface area contributed by atoms with Gasteiger partial charge in [-0.1, -0.05) is 13.0 Å². The summed E-state index contributed by atoms with van der Waals surface area (Å²) >= 11 is 0. The molecule has 0 amide bonds. The molecule has 0 aromatic carbocycles. The Hall–Kier alpha value is -3.32. The van der Waals surface area contributed by atoms with Crippen molar-refractivity contribution in [2.45, 2.75) is 34.1 Å². The van der Waals surface area contributed by atoms with Crippen LogP contribution in [0, 0.1) is 20.8 Å². The molecule has 0 unspecified atom stereocenters. The summed E-state index contributed by atoms with van der Waals surface area (Å²) in [6.07, 6.45) is 7.08. The molecule has 0 aliphatic carbocycles. The van der Waals surface area contributed by atoms with E-state index in [1.54, 1.807) is 10.5 Å². The SMILES string of the molecule is CCN1CC=C(c2cc(C)c3nc(-c4cc5c(C)nc(C)cn5n4)cc(=O)n3c2)CC1. The smallest absolute Gasteiger partial charge is 0.258 e. The van der Waals surface area contributed by atoms with E-state index in [0.29, 0.717) is 17.0 Å². The van der Waals surface area contributed by atoms with Crippen molar-refractivity contribution in [2.24, 2.45) is 0 Å². The van der Waals surface area contributed by atoms with Crippen molar-refractivity contribution in [3.63, 3.8) is 0 Å². The highest BCUT2D eigenvalue weighted by Crippen LogP contribution is 2.25. The highest BCUT2D eigenvalue weighted by atomic mass is 16.1. The van der Waals surface area contributed by atoms with E-state index in [-0.39, 0.29) is 5.56 Å². The molecule has 0 saturated heterocycles. The highest BCUT2D eigenvalue weighted by Gasteiger charge is 2.16. The maximum Gasteiger partial charge on any atom is 0.258 e. The van der Waals surface area contributed by atoms with E-state index < -0.39 is 0 Å². The van der Waals surface area contributed by atoms with Gasteiger partial charge in [0.25, 0.3) is 5.56 Å². The molecule has 4 aromatic heterocycles. The molecular formula is C24H26N6O. The van der Waals surface area contributed by atoms with Gasteiger partial charge in [-0.3, -0.25) is 19.1 Å². The van der Waals surface area contributed by atoms with E-state index >= 15 is 0 Å². The number of aromatic nitrogens is 5. The van der Waals surface area contributed by atoms with E-state index in [0.717, 1.165) is 54.1 Å². The van der Waals surface area contributed by atoms with Crippen molar-refractivity contribution in [3.05, 3.63) is 69.5 Å². The summed E-state index contributed by atoms with van der Waals surface area (Å²) < 4.78 is 3.47. The molecule has 158 valence electrons. The Labute approximate surface area is 180 Å². The molecule has 5 heterocycles. The van der Waals surface area contributed by atoms with Gasteiger partial charge in [0, 0.05) is 25.4 Å². The summed E-state index contributed by atoms with van der Waals surface area (Å²) in [5.41, 5.74) is 7.92. The van der Waals surface area contributed by atoms with Crippen LogP contribution in [0.1, 0.15) is 35.9 Å². The summed E-state index contributed by atoms with van der Waals surface area (Å²) in [4.78, 5) is 24.8. The first-order valence-corrected chi connectivity index (χ1v) is 10.7. The second-order valence-corrected chi connectivity index (χ2v) is 8.28. The van der Waals surface area contributed by atoms with Gasteiger partial charge >= 0.3 is 0 Å². The Kier molecular flexibility index (Phi) is 4.70. The zero-order chi connectivity index (χ0) is 21.7. The van der Waals surface area contributed by atoms with Gasteiger partial charge in [-0.25, -0.2) is 9.50 Å². The van der Waals surface area contributed by atoms with E-state index in [1.165, 1.54) is 5.57 Å². The lowest BCUT2D eigenvalue weighted by Gasteiger charge is -2.25. The lowest BCUT2D eigenvalue weighted by molar-refractivity contribution is 0.318. The molecule has 5 rings (SSSR count). The highest BCUT2D eigenvalue weighted by molar-refractivity contribution is 5.70. The lowest BCUT2D eigenvalue weighted by atomic mass is 9.99. The molecule has 0 bridgehead atoms. The molecule has 1 aliphatic rings. The van der Waals surface area contributed by atoms with E-state index in [1.807, 2.05) is 43.7 Å². The molecule has 1 aliphatic heterocycles. The van der Waals surface area contributed by atoms with Gasteiger partial charge in [0.1, 0.15) is 11.3 Å². The number of fused-ring (bicyclic) bond motifs is 2. The number of likely N-dealkylation sites (N-methyl/N-ethyl adjacent to an activating group) is 1. The van der Waals surface area contributed by atoms with E-state index in [4.69, 9.17) is 4.98 Å². The quantitative estimate of drug-likeness (QED) is 0.514. The van der Waals surface area contributed by atoms with Gasteiger partial charge in [0.15, 0.2) is 0 Å². The van der Waals surface area contributed by atoms with Crippen LogP contribution in [0.2, 0.25) is 0 Å². The molecule has 31 heavy (non-hydrogen) atoms. The summed E-state index contributed by atoms with van der Waals surface area (Å²) in [6.45, 7) is 11.2. The van der Waals surface area contributed by atoms with Gasteiger partial charge in [0.05, 0.1) is 28.8 Å².